The smallest absolute Gasteiger partial charge is 0.217 e. The van der Waals surface area contributed by atoms with Gasteiger partial charge in [0.25, 0.3) is 0 Å². The largest absolute Gasteiger partial charge is 0.347 e. The number of amides is 1. The van der Waals surface area contributed by atoms with Crippen LogP contribution in [0.4, 0.5) is 8.78 Å². The van der Waals surface area contributed by atoms with Crippen molar-refractivity contribution < 1.29 is 18.4 Å². The number of hydrogen-bond donors (Lipinski definition) is 1. The molecule has 158 valence electrons. The number of halogens is 2. The van der Waals surface area contributed by atoms with Crippen molar-refractivity contribution in [1.29, 1.82) is 0 Å². The van der Waals surface area contributed by atoms with Gasteiger partial charge in [-0.2, -0.15) is 0 Å². The molecule has 1 aromatic carbocycles. The number of allylic oxidation sites excluding steroid dienone is 4. The molecule has 1 unspecified atom stereocenters. The summed E-state index contributed by atoms with van der Waals surface area (Å²) < 4.78 is 27.0. The predicted molar refractivity (Wildman–Crippen MR) is 114 cm³/mol. The maximum Gasteiger partial charge on any atom is 0.217 e. The Morgan fingerprint density at radius 1 is 1.17 bits per heavy atom. The lowest BCUT2D eigenvalue weighted by Crippen LogP contribution is -2.41. The Labute approximate surface area is 172 Å². The molecule has 29 heavy (non-hydrogen) atoms. The topological polar surface area (TPSA) is 49.4 Å². The highest BCUT2D eigenvalue weighted by atomic mass is 19.1. The Balaban J connectivity index is 0.00000379. The van der Waals surface area contributed by atoms with Gasteiger partial charge in [-0.25, -0.2) is 13.6 Å². The van der Waals surface area contributed by atoms with E-state index in [0.717, 1.165) is 23.8 Å². The SMILES string of the molecule is C=C/C(=C\C=C(C)C)N(C)C(=C=O)C(Cc1cc(F)cc(F)c1)NC(C)=O.CC. The van der Waals surface area contributed by atoms with Crippen LogP contribution in [0.15, 0.2) is 60.0 Å². The van der Waals surface area contributed by atoms with Crippen LogP contribution in [0.1, 0.15) is 40.2 Å². The standard InChI is InChI=1S/C21H24F2N2O2.C2H6/c1-6-19(8-7-14(2)3)25(5)21(13-26)20(24-15(4)27)11-16-9-17(22)12-18(23)10-16;1-2/h6-10,12,20H,1,11H2,2-5H3,(H,24,27);1-2H3/b19-8+;. The molecular weight excluding hydrogens is 374 g/mol. The number of benzene rings is 1. The zero-order valence-corrected chi connectivity index (χ0v) is 18.0. The summed E-state index contributed by atoms with van der Waals surface area (Å²) in [4.78, 5) is 24.8. The third-order valence-corrected chi connectivity index (χ3v) is 3.72. The maximum atomic E-state index is 13.5. The lowest BCUT2D eigenvalue weighted by molar-refractivity contribution is -0.119. The number of likely N-dealkylation sites (N-methyl/N-ethyl adjacent to an activating group) is 1. The lowest BCUT2D eigenvalue weighted by Gasteiger charge is -2.28. The molecule has 1 N–H and O–H groups in total. The summed E-state index contributed by atoms with van der Waals surface area (Å²) in [5.41, 5.74) is 2.08. The molecule has 0 aromatic heterocycles. The molecule has 1 amide bonds. The first-order valence-corrected chi connectivity index (χ1v) is 9.36. The van der Waals surface area contributed by atoms with Gasteiger partial charge in [0.05, 0.1) is 6.04 Å². The van der Waals surface area contributed by atoms with Gasteiger partial charge in [0.2, 0.25) is 5.91 Å². The second kappa shape index (κ2) is 13.2. The first kappa shape index (κ1) is 26.0. The van der Waals surface area contributed by atoms with Crippen LogP contribution < -0.4 is 5.32 Å². The van der Waals surface area contributed by atoms with E-state index in [1.165, 1.54) is 11.8 Å². The molecule has 1 rings (SSSR count). The van der Waals surface area contributed by atoms with Crippen LogP contribution in [0.5, 0.6) is 0 Å². The number of nitrogens with one attached hydrogen (secondary N) is 1. The molecule has 0 saturated carbocycles. The molecule has 0 heterocycles. The first-order valence-electron chi connectivity index (χ1n) is 9.36. The highest BCUT2D eigenvalue weighted by molar-refractivity contribution is 5.74. The van der Waals surface area contributed by atoms with Crippen LogP contribution >= 0.6 is 0 Å². The van der Waals surface area contributed by atoms with Crippen LogP contribution in [0, 0.1) is 11.6 Å². The van der Waals surface area contributed by atoms with E-state index in [1.54, 1.807) is 19.2 Å². The number of rotatable bonds is 8. The van der Waals surface area contributed by atoms with Gasteiger partial charge < -0.3 is 10.2 Å². The van der Waals surface area contributed by atoms with E-state index in [4.69, 9.17) is 0 Å². The molecule has 0 radical (unpaired) electrons. The van der Waals surface area contributed by atoms with Gasteiger partial charge in [0.1, 0.15) is 23.3 Å². The minimum Gasteiger partial charge on any atom is -0.347 e. The van der Waals surface area contributed by atoms with Crippen LogP contribution in [0.2, 0.25) is 0 Å². The predicted octanol–water partition coefficient (Wildman–Crippen LogP) is 4.72. The van der Waals surface area contributed by atoms with E-state index in [9.17, 15) is 18.4 Å². The fourth-order valence-electron chi connectivity index (χ4n) is 2.51. The third kappa shape index (κ3) is 9.17. The van der Waals surface area contributed by atoms with E-state index in [-0.39, 0.29) is 18.0 Å². The normalized spacial score (nSPS) is 11.2. The van der Waals surface area contributed by atoms with Crippen LogP contribution in [0.25, 0.3) is 0 Å². The molecule has 0 fully saturated rings. The molecule has 6 heteroatoms. The summed E-state index contributed by atoms with van der Waals surface area (Å²) >= 11 is 0. The molecule has 4 nitrogen and oxygen atoms in total. The second-order valence-corrected chi connectivity index (χ2v) is 6.32. The van der Waals surface area contributed by atoms with Crippen LogP contribution in [-0.4, -0.2) is 29.8 Å². The van der Waals surface area contributed by atoms with E-state index in [2.05, 4.69) is 11.9 Å². The maximum absolute atomic E-state index is 13.5. The minimum absolute atomic E-state index is 0.0240. The van der Waals surface area contributed by atoms with Gasteiger partial charge in [0, 0.05) is 25.7 Å². The number of carbonyl (C=O) groups excluding carboxylic acids is 2. The summed E-state index contributed by atoms with van der Waals surface area (Å²) in [6.45, 7) is 12.9. The molecule has 0 aliphatic heterocycles. The number of nitrogens with zero attached hydrogens (tertiary/aromatic N) is 1. The van der Waals surface area contributed by atoms with E-state index < -0.39 is 17.7 Å². The average Bonchev–Trinajstić information content (AvgIpc) is 2.62. The minimum atomic E-state index is -0.818. The summed E-state index contributed by atoms with van der Waals surface area (Å²) in [5.74, 6) is -0.00228. The Kier molecular flexibility index (Phi) is 11.9. The summed E-state index contributed by atoms with van der Waals surface area (Å²) in [6, 6.07) is 2.26. The van der Waals surface area contributed by atoms with E-state index >= 15 is 0 Å². The molecule has 1 atom stereocenters. The molecule has 0 aliphatic rings. The Bertz CT molecular complexity index is 798. The van der Waals surface area contributed by atoms with Gasteiger partial charge in [0.15, 0.2) is 0 Å². The Morgan fingerprint density at radius 3 is 2.14 bits per heavy atom. The van der Waals surface area contributed by atoms with Gasteiger partial charge in [-0.05, 0) is 50.1 Å². The lowest BCUT2D eigenvalue weighted by atomic mass is 10.0. The zero-order chi connectivity index (χ0) is 22.6. The third-order valence-electron chi connectivity index (χ3n) is 3.72. The van der Waals surface area contributed by atoms with Gasteiger partial charge in [-0.1, -0.05) is 32.1 Å². The van der Waals surface area contributed by atoms with Crippen molar-refractivity contribution in [3.63, 3.8) is 0 Å². The number of carbonyl (C=O) groups is 1. The molecule has 0 aliphatic carbocycles. The van der Waals surface area contributed by atoms with Crippen molar-refractivity contribution in [1.82, 2.24) is 10.2 Å². The van der Waals surface area contributed by atoms with Crippen LogP contribution in [0.3, 0.4) is 0 Å². The second-order valence-electron chi connectivity index (χ2n) is 6.32. The van der Waals surface area contributed by atoms with Gasteiger partial charge in [-0.3, -0.25) is 4.79 Å². The molecular formula is C23H30F2N2O2. The zero-order valence-electron chi connectivity index (χ0n) is 18.0. The summed E-state index contributed by atoms with van der Waals surface area (Å²) in [6.07, 6.45) is 5.21. The quantitative estimate of drug-likeness (QED) is 0.504. The van der Waals surface area contributed by atoms with Crippen molar-refractivity contribution >= 4 is 11.8 Å². The first-order chi connectivity index (χ1) is 13.7. The summed E-state index contributed by atoms with van der Waals surface area (Å²) in [5, 5.41) is 2.64. The van der Waals surface area contributed by atoms with Crippen molar-refractivity contribution in [2.24, 2.45) is 0 Å². The van der Waals surface area contributed by atoms with Gasteiger partial charge in [-0.15, -0.1) is 0 Å². The van der Waals surface area contributed by atoms with Crippen molar-refractivity contribution in [2.75, 3.05) is 7.05 Å². The average molecular weight is 405 g/mol. The van der Waals surface area contributed by atoms with Crippen molar-refractivity contribution in [2.45, 2.75) is 47.1 Å². The molecule has 1 aromatic rings. The molecule has 0 saturated heterocycles. The van der Waals surface area contributed by atoms with Crippen molar-refractivity contribution in [3.8, 4) is 0 Å². The molecule has 0 bridgehead atoms. The fourth-order valence-corrected chi connectivity index (χ4v) is 2.51. The highest BCUT2D eigenvalue weighted by Gasteiger charge is 2.22. The van der Waals surface area contributed by atoms with Gasteiger partial charge >= 0.3 is 0 Å². The van der Waals surface area contributed by atoms with E-state index in [0.29, 0.717) is 11.3 Å². The van der Waals surface area contributed by atoms with Crippen LogP contribution in [-0.2, 0) is 16.0 Å². The Morgan fingerprint density at radius 2 is 1.72 bits per heavy atom. The summed E-state index contributed by atoms with van der Waals surface area (Å²) in [7, 11) is 1.63. The fraction of sp³-hybridized carbons (Fsp3) is 0.348. The number of hydrogen-bond acceptors (Lipinski definition) is 3. The monoisotopic (exact) mass is 404 g/mol. The Hall–Kier alpha value is -2.98. The van der Waals surface area contributed by atoms with Crippen molar-refractivity contribution in [3.05, 3.63) is 77.2 Å². The molecule has 0 spiro atoms. The van der Waals surface area contributed by atoms with E-state index in [1.807, 2.05) is 39.7 Å². The highest BCUT2D eigenvalue weighted by Crippen LogP contribution is 2.18.